The van der Waals surface area contributed by atoms with Gasteiger partial charge in [-0.25, -0.2) is 4.99 Å². The summed E-state index contributed by atoms with van der Waals surface area (Å²) in [5, 5.41) is 6.70. The summed E-state index contributed by atoms with van der Waals surface area (Å²) < 4.78 is 11.2. The van der Waals surface area contributed by atoms with Crippen molar-refractivity contribution in [3.63, 3.8) is 0 Å². The molecule has 2 unspecified atom stereocenters. The number of ether oxygens (including phenoxy) is 2. The predicted molar refractivity (Wildman–Crippen MR) is 114 cm³/mol. The highest BCUT2D eigenvalue weighted by Gasteiger charge is 2.16. The lowest BCUT2D eigenvalue weighted by Gasteiger charge is -2.22. The van der Waals surface area contributed by atoms with E-state index in [0.29, 0.717) is 18.0 Å². The predicted octanol–water partition coefficient (Wildman–Crippen LogP) is 1.61. The molecule has 0 bridgehead atoms. The molecule has 2 fully saturated rings. The molecular weight excluding hydrogens is 447 g/mol. The monoisotopic (exact) mass is 482 g/mol. The van der Waals surface area contributed by atoms with E-state index in [1.165, 1.54) is 19.3 Å². The van der Waals surface area contributed by atoms with E-state index in [9.17, 15) is 4.79 Å². The summed E-state index contributed by atoms with van der Waals surface area (Å²) in [6.07, 6.45) is 7.26. The molecule has 0 aromatic carbocycles. The maximum Gasteiger partial charge on any atom is 0.243 e. The summed E-state index contributed by atoms with van der Waals surface area (Å²) in [5.74, 6) is 1.24. The van der Waals surface area contributed by atoms with Crippen LogP contribution in [0.5, 0.6) is 0 Å². The zero-order chi connectivity index (χ0) is 17.9. The fourth-order valence-corrected chi connectivity index (χ4v) is 3.02. The minimum absolute atomic E-state index is 0. The van der Waals surface area contributed by atoms with Crippen LogP contribution in [0.3, 0.4) is 0 Å². The molecule has 2 heterocycles. The van der Waals surface area contributed by atoms with Gasteiger partial charge in [0.1, 0.15) is 6.54 Å². The van der Waals surface area contributed by atoms with Gasteiger partial charge in [-0.15, -0.1) is 24.0 Å². The van der Waals surface area contributed by atoms with Gasteiger partial charge in [-0.3, -0.25) is 4.79 Å². The summed E-state index contributed by atoms with van der Waals surface area (Å²) >= 11 is 0. The molecule has 2 aliphatic rings. The van der Waals surface area contributed by atoms with E-state index in [1.54, 1.807) is 19.0 Å². The molecule has 0 saturated carbocycles. The maximum atomic E-state index is 11.8. The quantitative estimate of drug-likeness (QED) is 0.238. The minimum atomic E-state index is 0. The number of amides is 1. The van der Waals surface area contributed by atoms with Crippen molar-refractivity contribution in [3.05, 3.63) is 0 Å². The smallest absolute Gasteiger partial charge is 0.243 e. The number of nitrogens with zero attached hydrogens (tertiary/aromatic N) is 2. The Morgan fingerprint density at radius 1 is 1.19 bits per heavy atom. The summed E-state index contributed by atoms with van der Waals surface area (Å²) in [6, 6.07) is 0. The third kappa shape index (κ3) is 9.36. The molecule has 7 nitrogen and oxygen atoms in total. The summed E-state index contributed by atoms with van der Waals surface area (Å²) in [7, 11) is 3.50. The molecule has 0 aliphatic carbocycles. The topological polar surface area (TPSA) is 75.2 Å². The van der Waals surface area contributed by atoms with Gasteiger partial charge >= 0.3 is 0 Å². The molecule has 1 amide bonds. The van der Waals surface area contributed by atoms with Crippen LogP contribution >= 0.6 is 24.0 Å². The Balaban J connectivity index is 0.00000338. The first-order valence-corrected chi connectivity index (χ1v) is 9.57. The van der Waals surface area contributed by atoms with Gasteiger partial charge in [0.05, 0.1) is 12.7 Å². The van der Waals surface area contributed by atoms with Gasteiger partial charge in [-0.2, -0.15) is 0 Å². The van der Waals surface area contributed by atoms with Crippen molar-refractivity contribution in [1.82, 2.24) is 15.5 Å². The standard InChI is InChI=1S/C18H34N4O3.HI/c1-22(2)17(23)13-21-18(20-12-15-8-11-24-14-15)19-9-5-7-16-6-3-4-10-25-16;/h15-16H,3-14H2,1-2H3,(H2,19,20,21);1H. The molecule has 2 rings (SSSR count). The van der Waals surface area contributed by atoms with Gasteiger partial charge in [0.25, 0.3) is 0 Å². The summed E-state index contributed by atoms with van der Waals surface area (Å²) in [4.78, 5) is 17.8. The van der Waals surface area contributed by atoms with E-state index in [-0.39, 0.29) is 36.4 Å². The summed E-state index contributed by atoms with van der Waals surface area (Å²) in [5.41, 5.74) is 0. The zero-order valence-corrected chi connectivity index (χ0v) is 18.5. The number of aliphatic imine (C=N–C) groups is 1. The lowest BCUT2D eigenvalue weighted by atomic mass is 10.0. The highest BCUT2D eigenvalue weighted by molar-refractivity contribution is 14.0. The Hall–Kier alpha value is -0.610. The molecule has 2 atom stereocenters. The molecule has 0 aromatic heterocycles. The fraction of sp³-hybridized carbons (Fsp3) is 0.889. The maximum absolute atomic E-state index is 11.8. The molecule has 0 aromatic rings. The van der Waals surface area contributed by atoms with E-state index in [2.05, 4.69) is 15.6 Å². The highest BCUT2D eigenvalue weighted by Crippen LogP contribution is 2.16. The molecule has 2 aliphatic heterocycles. The van der Waals surface area contributed by atoms with Gasteiger partial charge in [0, 0.05) is 46.3 Å². The van der Waals surface area contributed by atoms with E-state index in [1.807, 2.05) is 0 Å². The first kappa shape index (κ1) is 23.4. The third-order valence-corrected chi connectivity index (χ3v) is 4.72. The second-order valence-corrected chi connectivity index (χ2v) is 7.12. The Bertz CT molecular complexity index is 423. The van der Waals surface area contributed by atoms with E-state index >= 15 is 0 Å². The van der Waals surface area contributed by atoms with Crippen molar-refractivity contribution in [2.24, 2.45) is 10.9 Å². The SMILES string of the molecule is CN(C)C(=O)CN=C(NCCCC1CCCCO1)NCC1CCOC1.I. The van der Waals surface area contributed by atoms with Crippen LogP contribution in [0.4, 0.5) is 0 Å². The second kappa shape index (κ2) is 13.5. The van der Waals surface area contributed by atoms with Crippen LogP contribution in [0.2, 0.25) is 0 Å². The van der Waals surface area contributed by atoms with Crippen molar-refractivity contribution in [2.75, 3.05) is 53.6 Å². The van der Waals surface area contributed by atoms with Gasteiger partial charge in [0.2, 0.25) is 5.91 Å². The summed E-state index contributed by atoms with van der Waals surface area (Å²) in [6.45, 7) is 4.37. The van der Waals surface area contributed by atoms with Gasteiger partial charge in [-0.1, -0.05) is 0 Å². The fourth-order valence-electron chi connectivity index (χ4n) is 3.02. The molecule has 2 N–H and O–H groups in total. The minimum Gasteiger partial charge on any atom is -0.381 e. The van der Waals surface area contributed by atoms with E-state index < -0.39 is 0 Å². The number of halogens is 1. The number of hydrogen-bond acceptors (Lipinski definition) is 4. The van der Waals surface area contributed by atoms with E-state index in [4.69, 9.17) is 9.47 Å². The first-order chi connectivity index (χ1) is 12.1. The molecule has 26 heavy (non-hydrogen) atoms. The Labute approximate surface area is 174 Å². The number of guanidine groups is 1. The van der Waals surface area contributed by atoms with Gasteiger partial charge in [0.15, 0.2) is 5.96 Å². The van der Waals surface area contributed by atoms with Crippen molar-refractivity contribution >= 4 is 35.8 Å². The number of rotatable bonds is 8. The third-order valence-electron chi connectivity index (χ3n) is 4.72. The number of carbonyl (C=O) groups is 1. The van der Waals surface area contributed by atoms with Crippen LogP contribution in [0.25, 0.3) is 0 Å². The molecule has 0 spiro atoms. The molecule has 8 heteroatoms. The van der Waals surface area contributed by atoms with Crippen LogP contribution in [-0.2, 0) is 14.3 Å². The Kier molecular flexibility index (Phi) is 12.2. The van der Waals surface area contributed by atoms with Crippen LogP contribution < -0.4 is 10.6 Å². The van der Waals surface area contributed by atoms with Crippen LogP contribution in [0.15, 0.2) is 4.99 Å². The average molecular weight is 482 g/mol. The zero-order valence-electron chi connectivity index (χ0n) is 16.2. The van der Waals surface area contributed by atoms with Crippen molar-refractivity contribution < 1.29 is 14.3 Å². The molecule has 2 saturated heterocycles. The molecule has 0 radical (unpaired) electrons. The first-order valence-electron chi connectivity index (χ1n) is 9.57. The number of nitrogens with one attached hydrogen (secondary N) is 2. The number of hydrogen-bond donors (Lipinski definition) is 2. The molecular formula is C18H35IN4O3. The van der Waals surface area contributed by atoms with Crippen molar-refractivity contribution in [3.8, 4) is 0 Å². The largest absolute Gasteiger partial charge is 0.381 e. The van der Waals surface area contributed by atoms with Crippen LogP contribution in [0.1, 0.15) is 38.5 Å². The highest BCUT2D eigenvalue weighted by atomic mass is 127. The van der Waals surface area contributed by atoms with Crippen LogP contribution in [0, 0.1) is 5.92 Å². The van der Waals surface area contributed by atoms with Crippen molar-refractivity contribution in [2.45, 2.75) is 44.6 Å². The number of carbonyl (C=O) groups excluding carboxylic acids is 1. The van der Waals surface area contributed by atoms with Gasteiger partial charge < -0.3 is 25.0 Å². The lowest BCUT2D eigenvalue weighted by Crippen LogP contribution is -2.41. The van der Waals surface area contributed by atoms with E-state index in [0.717, 1.165) is 52.2 Å². The normalized spacial score (nSPS) is 23.2. The van der Waals surface area contributed by atoms with Crippen molar-refractivity contribution in [1.29, 1.82) is 0 Å². The van der Waals surface area contributed by atoms with Gasteiger partial charge in [-0.05, 0) is 38.5 Å². The number of likely N-dealkylation sites (N-methyl/N-ethyl adjacent to an activating group) is 1. The average Bonchev–Trinajstić information content (AvgIpc) is 3.14. The molecule has 152 valence electrons. The Morgan fingerprint density at radius 2 is 2.04 bits per heavy atom. The second-order valence-electron chi connectivity index (χ2n) is 7.12. The van der Waals surface area contributed by atoms with Crippen LogP contribution in [-0.4, -0.2) is 76.4 Å². The lowest BCUT2D eigenvalue weighted by molar-refractivity contribution is -0.127. The Morgan fingerprint density at radius 3 is 2.69 bits per heavy atom.